The molecule has 0 unspecified atom stereocenters. The van der Waals surface area contributed by atoms with Crippen molar-refractivity contribution in [3.63, 3.8) is 0 Å². The number of carbonyl (C=O) groups is 1. The van der Waals surface area contributed by atoms with Crippen LogP contribution in [-0.2, 0) is 22.4 Å². The van der Waals surface area contributed by atoms with Gasteiger partial charge >= 0.3 is 5.97 Å². The molecule has 0 spiro atoms. The summed E-state index contributed by atoms with van der Waals surface area (Å²) in [7, 11) is 0. The lowest BCUT2D eigenvalue weighted by Gasteiger charge is -2.19. The van der Waals surface area contributed by atoms with E-state index in [2.05, 4.69) is 16.9 Å². The first-order valence-corrected chi connectivity index (χ1v) is 9.69. The van der Waals surface area contributed by atoms with Gasteiger partial charge in [-0.2, -0.15) is 0 Å². The first-order chi connectivity index (χ1) is 11.6. The van der Waals surface area contributed by atoms with Crippen LogP contribution in [0.2, 0.25) is 0 Å². The topological polar surface area (TPSA) is 72.0 Å². The molecule has 1 N–H and O–H groups in total. The summed E-state index contributed by atoms with van der Waals surface area (Å²) in [5, 5.41) is 0.726. The zero-order valence-corrected chi connectivity index (χ0v) is 16.4. The number of carbonyl (C=O) groups excluding carboxylic acids is 1. The molecular formula is C19H26N2O3S. The van der Waals surface area contributed by atoms with Crippen LogP contribution < -0.4 is 5.56 Å². The zero-order valence-electron chi connectivity index (χ0n) is 15.6. The Labute approximate surface area is 151 Å². The molecule has 0 saturated heterocycles. The van der Waals surface area contributed by atoms with Gasteiger partial charge in [-0.3, -0.25) is 9.59 Å². The molecule has 0 aliphatic heterocycles. The predicted octanol–water partition coefficient (Wildman–Crippen LogP) is 4.15. The number of fused-ring (bicyclic) bond motifs is 3. The van der Waals surface area contributed by atoms with Gasteiger partial charge in [-0.05, 0) is 43.1 Å². The lowest BCUT2D eigenvalue weighted by molar-refractivity contribution is -0.151. The van der Waals surface area contributed by atoms with Crippen molar-refractivity contribution in [1.29, 1.82) is 0 Å². The monoisotopic (exact) mass is 362 g/mol. The van der Waals surface area contributed by atoms with Crippen LogP contribution in [0, 0.1) is 11.3 Å². The van der Waals surface area contributed by atoms with Gasteiger partial charge in [0.15, 0.2) is 11.9 Å². The Bertz CT molecular complexity index is 860. The van der Waals surface area contributed by atoms with Gasteiger partial charge in [-0.15, -0.1) is 11.3 Å². The van der Waals surface area contributed by atoms with E-state index in [4.69, 9.17) is 4.74 Å². The fraction of sp³-hybridized carbons (Fsp3) is 0.632. The number of hydrogen-bond donors (Lipinski definition) is 1. The van der Waals surface area contributed by atoms with Crippen LogP contribution in [0.3, 0.4) is 0 Å². The minimum Gasteiger partial charge on any atom is -0.454 e. The first-order valence-electron chi connectivity index (χ1n) is 8.88. The average molecular weight is 362 g/mol. The number of thiophene rings is 1. The van der Waals surface area contributed by atoms with Crippen LogP contribution in [-0.4, -0.2) is 15.9 Å². The summed E-state index contributed by atoms with van der Waals surface area (Å²) in [4.78, 5) is 34.1. The highest BCUT2D eigenvalue weighted by Gasteiger charge is 2.25. The molecule has 5 nitrogen and oxygen atoms in total. The van der Waals surface area contributed by atoms with Crippen LogP contribution in [0.5, 0.6) is 0 Å². The van der Waals surface area contributed by atoms with Crippen molar-refractivity contribution < 1.29 is 9.53 Å². The molecule has 1 aliphatic rings. The Morgan fingerprint density at radius 2 is 2.16 bits per heavy atom. The number of aryl methyl sites for hydroxylation is 1. The minimum absolute atomic E-state index is 0.120. The fourth-order valence-electron chi connectivity index (χ4n) is 3.29. The van der Waals surface area contributed by atoms with Crippen molar-refractivity contribution in [2.45, 2.75) is 66.4 Å². The number of hydrogen-bond acceptors (Lipinski definition) is 5. The standard InChI is InChI=1S/C19H26N2O3S/c1-10-6-7-12-13(8-10)25-18-15(12)17(23)20-16(21-18)11(2)24-14(22)9-19(3,4)5/h10-11H,6-9H2,1-5H3,(H,20,21,23)/t10-,11-/m1/s1. The Balaban J connectivity index is 1.88. The van der Waals surface area contributed by atoms with Crippen molar-refractivity contribution in [3.05, 3.63) is 26.6 Å². The number of aromatic nitrogens is 2. The molecule has 0 saturated carbocycles. The van der Waals surface area contributed by atoms with E-state index in [0.717, 1.165) is 35.0 Å². The quantitative estimate of drug-likeness (QED) is 0.833. The molecule has 0 radical (unpaired) electrons. The number of rotatable bonds is 3. The molecule has 136 valence electrons. The second kappa shape index (κ2) is 6.56. The molecule has 0 fully saturated rings. The Hall–Kier alpha value is -1.69. The molecule has 2 atom stereocenters. The summed E-state index contributed by atoms with van der Waals surface area (Å²) in [5.41, 5.74) is 0.909. The van der Waals surface area contributed by atoms with E-state index in [-0.39, 0.29) is 16.9 Å². The normalized spacial score (nSPS) is 18.8. The van der Waals surface area contributed by atoms with Crippen LogP contribution in [0.1, 0.15) is 69.8 Å². The highest BCUT2D eigenvalue weighted by molar-refractivity contribution is 7.18. The van der Waals surface area contributed by atoms with Crippen LogP contribution in [0.4, 0.5) is 0 Å². The molecule has 0 amide bonds. The van der Waals surface area contributed by atoms with E-state index in [9.17, 15) is 9.59 Å². The number of nitrogens with zero attached hydrogens (tertiary/aromatic N) is 1. The van der Waals surface area contributed by atoms with Crippen molar-refractivity contribution in [2.75, 3.05) is 0 Å². The summed E-state index contributed by atoms with van der Waals surface area (Å²) in [6.45, 7) is 9.96. The summed E-state index contributed by atoms with van der Waals surface area (Å²) in [5.74, 6) is 0.796. The molecule has 0 aromatic carbocycles. The third-order valence-electron chi connectivity index (χ3n) is 4.55. The van der Waals surface area contributed by atoms with E-state index < -0.39 is 6.10 Å². The molecule has 0 bridgehead atoms. The SMILES string of the molecule is C[C@@H]1CCc2c(sc3nc([C@@H](C)OC(=O)CC(C)(C)C)[nH]c(=O)c23)C1. The molecule has 2 aromatic rings. The molecule has 25 heavy (non-hydrogen) atoms. The molecule has 3 rings (SSSR count). The van der Waals surface area contributed by atoms with Gasteiger partial charge in [0.1, 0.15) is 4.83 Å². The van der Waals surface area contributed by atoms with Crippen molar-refractivity contribution in [2.24, 2.45) is 11.3 Å². The summed E-state index contributed by atoms with van der Waals surface area (Å²) < 4.78 is 5.47. The molecular weight excluding hydrogens is 336 g/mol. The number of nitrogens with one attached hydrogen (secondary N) is 1. The highest BCUT2D eigenvalue weighted by atomic mass is 32.1. The fourth-order valence-corrected chi connectivity index (χ4v) is 4.68. The largest absolute Gasteiger partial charge is 0.454 e. The van der Waals surface area contributed by atoms with Crippen molar-refractivity contribution in [3.8, 4) is 0 Å². The average Bonchev–Trinajstić information content (AvgIpc) is 2.82. The summed E-state index contributed by atoms with van der Waals surface area (Å²) >= 11 is 1.61. The van der Waals surface area contributed by atoms with Gasteiger partial charge in [0, 0.05) is 4.88 Å². The number of ether oxygens (including phenoxy) is 1. The van der Waals surface area contributed by atoms with Crippen molar-refractivity contribution >= 4 is 27.5 Å². The molecule has 2 aromatic heterocycles. The van der Waals surface area contributed by atoms with E-state index in [1.165, 1.54) is 4.88 Å². The van der Waals surface area contributed by atoms with Crippen LogP contribution in [0.15, 0.2) is 4.79 Å². The minimum atomic E-state index is -0.565. The van der Waals surface area contributed by atoms with Gasteiger partial charge in [0.2, 0.25) is 0 Å². The van der Waals surface area contributed by atoms with E-state index >= 15 is 0 Å². The second-order valence-electron chi connectivity index (χ2n) is 8.35. The third-order valence-corrected chi connectivity index (χ3v) is 5.70. The third kappa shape index (κ3) is 3.94. The molecule has 2 heterocycles. The first kappa shape index (κ1) is 18.1. The zero-order chi connectivity index (χ0) is 18.4. The Morgan fingerprint density at radius 3 is 2.84 bits per heavy atom. The second-order valence-corrected chi connectivity index (χ2v) is 9.44. The number of aromatic amines is 1. The number of esters is 1. The van der Waals surface area contributed by atoms with E-state index in [1.54, 1.807) is 18.3 Å². The van der Waals surface area contributed by atoms with Crippen molar-refractivity contribution in [1.82, 2.24) is 9.97 Å². The van der Waals surface area contributed by atoms with Gasteiger partial charge in [-0.25, -0.2) is 4.98 Å². The van der Waals surface area contributed by atoms with Gasteiger partial charge < -0.3 is 9.72 Å². The lowest BCUT2D eigenvalue weighted by Crippen LogP contribution is -2.20. The van der Waals surface area contributed by atoms with Gasteiger partial charge in [0.05, 0.1) is 11.8 Å². The lowest BCUT2D eigenvalue weighted by atomic mass is 9.89. The van der Waals surface area contributed by atoms with Crippen LogP contribution >= 0.6 is 11.3 Å². The Kier molecular flexibility index (Phi) is 4.75. The summed E-state index contributed by atoms with van der Waals surface area (Å²) in [6, 6.07) is 0. The summed E-state index contributed by atoms with van der Waals surface area (Å²) in [6.07, 6.45) is 2.83. The number of H-pyrrole nitrogens is 1. The van der Waals surface area contributed by atoms with Gasteiger partial charge in [-0.1, -0.05) is 27.7 Å². The highest BCUT2D eigenvalue weighted by Crippen LogP contribution is 2.36. The van der Waals surface area contributed by atoms with Gasteiger partial charge in [0.25, 0.3) is 5.56 Å². The molecule has 6 heteroatoms. The van der Waals surface area contributed by atoms with E-state index in [0.29, 0.717) is 18.2 Å². The Morgan fingerprint density at radius 1 is 1.44 bits per heavy atom. The maximum Gasteiger partial charge on any atom is 0.307 e. The van der Waals surface area contributed by atoms with E-state index in [1.807, 2.05) is 20.8 Å². The maximum absolute atomic E-state index is 12.6. The van der Waals surface area contributed by atoms with Crippen LogP contribution in [0.25, 0.3) is 10.2 Å². The smallest absolute Gasteiger partial charge is 0.307 e. The maximum atomic E-state index is 12.6. The molecule has 1 aliphatic carbocycles. The predicted molar refractivity (Wildman–Crippen MR) is 100 cm³/mol.